The van der Waals surface area contributed by atoms with Crippen LogP contribution in [0, 0.1) is 6.92 Å². The molecule has 2 heterocycles. The van der Waals surface area contributed by atoms with Gasteiger partial charge in [0.25, 0.3) is 0 Å². The Bertz CT molecular complexity index is 608. The largest absolute Gasteiger partial charge is 0.434 e. The molecule has 0 unspecified atom stereocenters. The van der Waals surface area contributed by atoms with E-state index in [4.69, 9.17) is 11.6 Å². The van der Waals surface area contributed by atoms with E-state index in [0.717, 1.165) is 11.3 Å². The van der Waals surface area contributed by atoms with E-state index in [0.29, 0.717) is 16.3 Å². The highest BCUT2D eigenvalue weighted by Gasteiger charge is 2.37. The lowest BCUT2D eigenvalue weighted by Gasteiger charge is -2.04. The molecule has 0 spiro atoms. The second-order valence-corrected chi connectivity index (χ2v) is 5.36. The lowest BCUT2D eigenvalue weighted by Crippen LogP contribution is -2.08. The minimum absolute atomic E-state index is 0.216. The van der Waals surface area contributed by atoms with Crippen molar-refractivity contribution >= 4 is 22.9 Å². The van der Waals surface area contributed by atoms with E-state index in [1.807, 2.05) is 0 Å². The molecule has 0 atom stereocenters. The zero-order valence-electron chi connectivity index (χ0n) is 10.2. The van der Waals surface area contributed by atoms with E-state index in [-0.39, 0.29) is 16.3 Å². The van der Waals surface area contributed by atoms with Crippen LogP contribution in [-0.4, -0.2) is 9.97 Å². The van der Waals surface area contributed by atoms with E-state index >= 15 is 0 Å². The Labute approximate surface area is 117 Å². The smallest absolute Gasteiger partial charge is 0.260 e. The zero-order valence-corrected chi connectivity index (χ0v) is 11.7. The van der Waals surface area contributed by atoms with Crippen molar-refractivity contribution in [3.05, 3.63) is 33.6 Å². The van der Waals surface area contributed by atoms with Crippen LogP contribution in [0.2, 0.25) is 5.02 Å². The molecule has 102 valence electrons. The van der Waals surface area contributed by atoms with Gasteiger partial charge in [-0.3, -0.25) is 4.98 Å². The predicted octanol–water partition coefficient (Wildman–Crippen LogP) is 4.75. The quantitative estimate of drug-likeness (QED) is 0.800. The first kappa shape index (κ1) is 14.3. The topological polar surface area (TPSA) is 25.8 Å². The van der Waals surface area contributed by atoms with Gasteiger partial charge in [0, 0.05) is 16.6 Å². The number of rotatable bonds is 2. The molecule has 0 aromatic carbocycles. The van der Waals surface area contributed by atoms with Gasteiger partial charge in [-0.25, -0.2) is 4.98 Å². The molecule has 0 bridgehead atoms. The fourth-order valence-corrected chi connectivity index (χ4v) is 2.95. The van der Waals surface area contributed by atoms with Crippen LogP contribution in [0.4, 0.5) is 13.2 Å². The third-order valence-electron chi connectivity index (χ3n) is 2.58. The summed E-state index contributed by atoms with van der Waals surface area (Å²) >= 11 is 7.09. The van der Waals surface area contributed by atoms with Crippen molar-refractivity contribution in [2.45, 2.75) is 26.4 Å². The fourth-order valence-electron chi connectivity index (χ4n) is 1.64. The molecule has 0 saturated carbocycles. The number of nitrogens with zero attached hydrogens (tertiary/aromatic N) is 2. The number of halogens is 4. The van der Waals surface area contributed by atoms with Crippen molar-refractivity contribution in [2.24, 2.45) is 0 Å². The lowest BCUT2D eigenvalue weighted by atomic mass is 10.2. The highest BCUT2D eigenvalue weighted by molar-refractivity contribution is 7.15. The molecule has 2 nitrogen and oxygen atoms in total. The molecule has 0 aliphatic carbocycles. The van der Waals surface area contributed by atoms with Gasteiger partial charge in [0.2, 0.25) is 0 Å². The van der Waals surface area contributed by atoms with Crippen molar-refractivity contribution in [1.82, 2.24) is 9.97 Å². The summed E-state index contributed by atoms with van der Waals surface area (Å²) in [7, 11) is 0. The number of alkyl halides is 3. The number of aryl methyl sites for hydroxylation is 2. The van der Waals surface area contributed by atoms with E-state index in [9.17, 15) is 13.2 Å². The molecule has 0 saturated heterocycles. The summed E-state index contributed by atoms with van der Waals surface area (Å²) in [5.74, 6) is 0. The van der Waals surface area contributed by atoms with Crippen LogP contribution < -0.4 is 0 Å². The molecule has 0 aliphatic heterocycles. The van der Waals surface area contributed by atoms with Gasteiger partial charge in [0.05, 0.1) is 10.7 Å². The third-order valence-corrected chi connectivity index (χ3v) is 4.29. The van der Waals surface area contributed by atoms with Gasteiger partial charge in [-0.05, 0) is 19.4 Å². The Kier molecular flexibility index (Phi) is 3.82. The fraction of sp³-hybridized carbons (Fsp3) is 0.333. The SMILES string of the molecule is CCc1sc(-c2ccnc(C)c2Cl)nc1C(F)(F)F. The number of hydrogen-bond donors (Lipinski definition) is 0. The van der Waals surface area contributed by atoms with Gasteiger partial charge >= 0.3 is 6.18 Å². The summed E-state index contributed by atoms with van der Waals surface area (Å²) in [6.45, 7) is 3.37. The molecule has 2 rings (SSSR count). The Hall–Kier alpha value is -1.14. The average Bonchev–Trinajstić information content (AvgIpc) is 2.76. The van der Waals surface area contributed by atoms with Gasteiger partial charge in [0.1, 0.15) is 5.01 Å². The Balaban J connectivity index is 2.58. The lowest BCUT2D eigenvalue weighted by molar-refractivity contribution is -0.141. The first-order valence-corrected chi connectivity index (χ1v) is 6.72. The number of thiazole rings is 1. The average molecular weight is 307 g/mol. The van der Waals surface area contributed by atoms with Crippen LogP contribution in [0.1, 0.15) is 23.2 Å². The van der Waals surface area contributed by atoms with Crippen LogP contribution in [0.3, 0.4) is 0 Å². The second-order valence-electron chi connectivity index (χ2n) is 3.90. The molecule has 19 heavy (non-hydrogen) atoms. The Morgan fingerprint density at radius 3 is 2.58 bits per heavy atom. The van der Waals surface area contributed by atoms with E-state index in [1.165, 1.54) is 6.20 Å². The maximum absolute atomic E-state index is 12.8. The molecule has 0 aliphatic rings. The van der Waals surface area contributed by atoms with Crippen molar-refractivity contribution in [3.8, 4) is 10.6 Å². The monoisotopic (exact) mass is 306 g/mol. The minimum atomic E-state index is -4.44. The first-order chi connectivity index (χ1) is 8.84. The molecular formula is C12H10ClF3N2S. The van der Waals surface area contributed by atoms with Crippen molar-refractivity contribution in [2.75, 3.05) is 0 Å². The van der Waals surface area contributed by atoms with Crippen LogP contribution in [0.5, 0.6) is 0 Å². The number of pyridine rings is 1. The standard InChI is InChI=1S/C12H10ClF3N2S/c1-3-8-10(12(14,15)16)18-11(19-8)7-4-5-17-6(2)9(7)13/h4-5H,3H2,1-2H3. The summed E-state index contributed by atoms with van der Waals surface area (Å²) in [5, 5.41) is 0.618. The molecule has 2 aromatic rings. The predicted molar refractivity (Wildman–Crippen MR) is 69.5 cm³/mol. The summed E-state index contributed by atoms with van der Waals surface area (Å²) in [6.07, 6.45) is -2.64. The summed E-state index contributed by atoms with van der Waals surface area (Å²) < 4.78 is 38.5. The maximum atomic E-state index is 12.8. The molecular weight excluding hydrogens is 297 g/mol. The zero-order chi connectivity index (χ0) is 14.2. The van der Waals surface area contributed by atoms with E-state index < -0.39 is 11.9 Å². The van der Waals surface area contributed by atoms with Crippen LogP contribution in [-0.2, 0) is 12.6 Å². The minimum Gasteiger partial charge on any atom is -0.260 e. The van der Waals surface area contributed by atoms with E-state index in [2.05, 4.69) is 9.97 Å². The Morgan fingerprint density at radius 2 is 2.05 bits per heavy atom. The van der Waals surface area contributed by atoms with Gasteiger partial charge in [-0.15, -0.1) is 11.3 Å². The molecule has 0 N–H and O–H groups in total. The van der Waals surface area contributed by atoms with E-state index in [1.54, 1.807) is 19.9 Å². The van der Waals surface area contributed by atoms with Crippen LogP contribution in [0.15, 0.2) is 12.3 Å². The van der Waals surface area contributed by atoms with Crippen molar-refractivity contribution < 1.29 is 13.2 Å². The summed E-state index contributed by atoms with van der Waals surface area (Å²) in [4.78, 5) is 7.91. The molecule has 0 fully saturated rings. The third kappa shape index (κ3) is 2.74. The van der Waals surface area contributed by atoms with Gasteiger partial charge in [-0.2, -0.15) is 13.2 Å². The van der Waals surface area contributed by atoms with Crippen molar-refractivity contribution in [1.29, 1.82) is 0 Å². The summed E-state index contributed by atoms with van der Waals surface area (Å²) in [5.41, 5.74) is 0.242. The van der Waals surface area contributed by atoms with Gasteiger partial charge in [0.15, 0.2) is 5.69 Å². The molecule has 0 radical (unpaired) electrons. The first-order valence-electron chi connectivity index (χ1n) is 5.53. The molecule has 0 amide bonds. The Morgan fingerprint density at radius 1 is 1.37 bits per heavy atom. The molecule has 2 aromatic heterocycles. The number of aromatic nitrogens is 2. The van der Waals surface area contributed by atoms with Gasteiger partial charge < -0.3 is 0 Å². The highest BCUT2D eigenvalue weighted by Crippen LogP contribution is 2.39. The maximum Gasteiger partial charge on any atom is 0.434 e. The van der Waals surface area contributed by atoms with Gasteiger partial charge in [-0.1, -0.05) is 18.5 Å². The highest BCUT2D eigenvalue weighted by atomic mass is 35.5. The summed E-state index contributed by atoms with van der Waals surface area (Å²) in [6, 6.07) is 1.58. The molecule has 7 heteroatoms. The van der Waals surface area contributed by atoms with Crippen LogP contribution >= 0.6 is 22.9 Å². The number of hydrogen-bond acceptors (Lipinski definition) is 3. The van der Waals surface area contributed by atoms with Crippen molar-refractivity contribution in [3.63, 3.8) is 0 Å². The second kappa shape index (κ2) is 5.09. The normalized spacial score (nSPS) is 11.9. The van der Waals surface area contributed by atoms with Crippen LogP contribution in [0.25, 0.3) is 10.6 Å².